The van der Waals surface area contributed by atoms with Gasteiger partial charge in [0.05, 0.1) is 24.5 Å². The molecule has 1 rings (SSSR count). The largest absolute Gasteiger partial charge is 0.490 e. The summed E-state index contributed by atoms with van der Waals surface area (Å²) in [5.41, 5.74) is 0.445. The summed E-state index contributed by atoms with van der Waals surface area (Å²) < 4.78 is 31.5. The van der Waals surface area contributed by atoms with E-state index in [1.54, 1.807) is 24.3 Å². The van der Waals surface area contributed by atoms with E-state index in [9.17, 15) is 8.42 Å². The minimum absolute atomic E-state index is 0.0229. The molecule has 0 saturated heterocycles. The Balaban J connectivity index is 2.24. The molecule has 18 heavy (non-hydrogen) atoms. The second kappa shape index (κ2) is 7.21. The van der Waals surface area contributed by atoms with Gasteiger partial charge >= 0.3 is 0 Å². The Morgan fingerprint density at radius 2 is 1.94 bits per heavy atom. The van der Waals surface area contributed by atoms with Gasteiger partial charge in [-0.05, 0) is 12.1 Å². The summed E-state index contributed by atoms with van der Waals surface area (Å²) >= 11 is 0. The van der Waals surface area contributed by atoms with Gasteiger partial charge in [-0.1, -0.05) is 12.1 Å². The van der Waals surface area contributed by atoms with Crippen molar-refractivity contribution in [1.29, 1.82) is 5.26 Å². The fourth-order valence-corrected chi connectivity index (χ4v) is 1.66. The number of halogens is 1. The normalized spacial score (nSPS) is 10.9. The smallest absolute Gasteiger partial charge is 0.234 e. The van der Waals surface area contributed by atoms with E-state index in [-0.39, 0.29) is 25.6 Å². The number of nitrogens with zero attached hydrogens (tertiary/aromatic N) is 1. The van der Waals surface area contributed by atoms with Crippen molar-refractivity contribution in [3.8, 4) is 11.8 Å². The number of hydrogen-bond acceptors (Lipinski definition) is 5. The topological polar surface area (TPSA) is 76.4 Å². The van der Waals surface area contributed by atoms with Crippen LogP contribution in [-0.4, -0.2) is 34.0 Å². The van der Waals surface area contributed by atoms with Crippen molar-refractivity contribution in [2.24, 2.45) is 0 Å². The van der Waals surface area contributed by atoms with Gasteiger partial charge in [0.2, 0.25) is 9.05 Å². The molecule has 1 aromatic carbocycles. The number of rotatable bonds is 7. The maximum absolute atomic E-state index is 10.6. The van der Waals surface area contributed by atoms with Crippen LogP contribution in [0.4, 0.5) is 0 Å². The minimum Gasteiger partial charge on any atom is -0.490 e. The first kappa shape index (κ1) is 14.8. The molecular formula is C11H12ClNO4S. The molecule has 0 fully saturated rings. The van der Waals surface area contributed by atoms with Crippen molar-refractivity contribution in [3.63, 3.8) is 0 Å². The average molecular weight is 290 g/mol. The van der Waals surface area contributed by atoms with Crippen LogP contribution in [0.3, 0.4) is 0 Å². The molecule has 5 nitrogen and oxygen atoms in total. The van der Waals surface area contributed by atoms with E-state index < -0.39 is 9.05 Å². The molecule has 7 heteroatoms. The standard InChI is InChI=1S/C11H12ClNO4S/c12-18(14,15)8-7-16-5-6-17-11-4-2-1-3-10(11)9-13/h1-4H,5-8H2. The monoisotopic (exact) mass is 289 g/mol. The van der Waals surface area contributed by atoms with Crippen LogP contribution in [0.15, 0.2) is 24.3 Å². The third-order valence-corrected chi connectivity index (χ3v) is 3.08. The number of nitriles is 1. The van der Waals surface area contributed by atoms with Gasteiger partial charge in [0.25, 0.3) is 0 Å². The molecule has 0 heterocycles. The van der Waals surface area contributed by atoms with Crippen LogP contribution in [-0.2, 0) is 13.8 Å². The SMILES string of the molecule is N#Cc1ccccc1OCCOCCS(=O)(=O)Cl. The van der Waals surface area contributed by atoms with Crippen LogP contribution < -0.4 is 4.74 Å². The van der Waals surface area contributed by atoms with Crippen LogP contribution in [0.2, 0.25) is 0 Å². The van der Waals surface area contributed by atoms with Gasteiger partial charge in [-0.3, -0.25) is 0 Å². The molecule has 0 aliphatic heterocycles. The molecule has 0 amide bonds. The fraction of sp³-hybridized carbons (Fsp3) is 0.364. The zero-order chi connectivity index (χ0) is 13.4. The average Bonchev–Trinajstić information content (AvgIpc) is 2.32. The lowest BCUT2D eigenvalue weighted by molar-refractivity contribution is 0.111. The molecular weight excluding hydrogens is 278 g/mol. The zero-order valence-corrected chi connectivity index (χ0v) is 11.1. The summed E-state index contributed by atoms with van der Waals surface area (Å²) in [5, 5.41) is 8.81. The summed E-state index contributed by atoms with van der Waals surface area (Å²) in [6, 6.07) is 8.84. The fourth-order valence-electron chi connectivity index (χ4n) is 1.16. The summed E-state index contributed by atoms with van der Waals surface area (Å²) in [6.45, 7) is 0.488. The lowest BCUT2D eigenvalue weighted by Crippen LogP contribution is -2.12. The summed E-state index contributed by atoms with van der Waals surface area (Å²) in [4.78, 5) is 0. The van der Waals surface area contributed by atoms with Crippen LogP contribution in [0.5, 0.6) is 5.75 Å². The first-order valence-corrected chi connectivity index (χ1v) is 7.63. The van der Waals surface area contributed by atoms with Crippen molar-refractivity contribution >= 4 is 19.7 Å². The minimum atomic E-state index is -3.51. The second-order valence-corrected chi connectivity index (χ2v) is 6.21. The van der Waals surface area contributed by atoms with Crippen LogP contribution in [0.25, 0.3) is 0 Å². The predicted octanol–water partition coefficient (Wildman–Crippen LogP) is 1.52. The Kier molecular flexibility index (Phi) is 5.92. The van der Waals surface area contributed by atoms with Crippen molar-refractivity contribution < 1.29 is 17.9 Å². The van der Waals surface area contributed by atoms with E-state index in [4.69, 9.17) is 25.4 Å². The van der Waals surface area contributed by atoms with Gasteiger partial charge in [0.15, 0.2) is 0 Å². The van der Waals surface area contributed by atoms with Crippen molar-refractivity contribution in [1.82, 2.24) is 0 Å². The van der Waals surface area contributed by atoms with Gasteiger partial charge in [-0.25, -0.2) is 8.42 Å². The number of hydrogen-bond donors (Lipinski definition) is 0. The number of benzene rings is 1. The third kappa shape index (κ3) is 5.87. The summed E-state index contributed by atoms with van der Waals surface area (Å²) in [6.07, 6.45) is 0. The zero-order valence-electron chi connectivity index (χ0n) is 9.50. The maximum atomic E-state index is 10.6. The highest BCUT2D eigenvalue weighted by atomic mass is 35.7. The van der Waals surface area contributed by atoms with E-state index in [1.807, 2.05) is 6.07 Å². The van der Waals surface area contributed by atoms with Gasteiger partial charge in [0, 0.05) is 10.7 Å². The van der Waals surface area contributed by atoms with Gasteiger partial charge < -0.3 is 9.47 Å². The molecule has 98 valence electrons. The Bertz CT molecular complexity index is 524. The molecule has 0 N–H and O–H groups in total. The Hall–Kier alpha value is -1.29. The van der Waals surface area contributed by atoms with E-state index >= 15 is 0 Å². The molecule has 0 aliphatic rings. The van der Waals surface area contributed by atoms with Gasteiger partial charge in [-0.15, -0.1) is 0 Å². The lowest BCUT2D eigenvalue weighted by atomic mass is 10.2. The van der Waals surface area contributed by atoms with Crippen molar-refractivity contribution in [2.45, 2.75) is 0 Å². The molecule has 0 unspecified atom stereocenters. The highest BCUT2D eigenvalue weighted by Gasteiger charge is 2.04. The lowest BCUT2D eigenvalue weighted by Gasteiger charge is -2.07. The number of para-hydroxylation sites is 1. The summed E-state index contributed by atoms with van der Waals surface area (Å²) in [7, 11) is 1.50. The van der Waals surface area contributed by atoms with Gasteiger partial charge in [-0.2, -0.15) is 5.26 Å². The Morgan fingerprint density at radius 1 is 1.22 bits per heavy atom. The predicted molar refractivity (Wildman–Crippen MR) is 67.1 cm³/mol. The molecule has 1 aromatic rings. The molecule has 0 spiro atoms. The van der Waals surface area contributed by atoms with E-state index in [2.05, 4.69) is 0 Å². The molecule has 0 radical (unpaired) electrons. The molecule has 0 atom stereocenters. The Labute approximate surface area is 110 Å². The van der Waals surface area contributed by atoms with Crippen LogP contribution in [0, 0.1) is 11.3 Å². The number of ether oxygens (including phenoxy) is 2. The van der Waals surface area contributed by atoms with Crippen LogP contribution >= 0.6 is 10.7 Å². The first-order valence-electron chi connectivity index (χ1n) is 5.15. The van der Waals surface area contributed by atoms with E-state index in [0.717, 1.165) is 0 Å². The molecule has 0 aromatic heterocycles. The quantitative estimate of drug-likeness (QED) is 0.562. The van der Waals surface area contributed by atoms with Crippen LogP contribution in [0.1, 0.15) is 5.56 Å². The summed E-state index contributed by atoms with van der Waals surface area (Å²) in [5.74, 6) is 0.247. The maximum Gasteiger partial charge on any atom is 0.234 e. The molecule has 0 aliphatic carbocycles. The van der Waals surface area contributed by atoms with E-state index in [0.29, 0.717) is 11.3 Å². The first-order chi connectivity index (χ1) is 8.53. The molecule has 0 saturated carbocycles. The Morgan fingerprint density at radius 3 is 2.61 bits per heavy atom. The van der Waals surface area contributed by atoms with Crippen molar-refractivity contribution in [2.75, 3.05) is 25.6 Å². The third-order valence-electron chi connectivity index (χ3n) is 1.96. The second-order valence-electron chi connectivity index (χ2n) is 3.31. The molecule has 0 bridgehead atoms. The van der Waals surface area contributed by atoms with Crippen molar-refractivity contribution in [3.05, 3.63) is 29.8 Å². The highest BCUT2D eigenvalue weighted by Crippen LogP contribution is 2.16. The van der Waals surface area contributed by atoms with Gasteiger partial charge in [0.1, 0.15) is 18.4 Å². The van der Waals surface area contributed by atoms with E-state index in [1.165, 1.54) is 0 Å². The highest BCUT2D eigenvalue weighted by molar-refractivity contribution is 8.13.